The van der Waals surface area contributed by atoms with Gasteiger partial charge in [0.25, 0.3) is 5.91 Å². The topological polar surface area (TPSA) is 94.5 Å². The van der Waals surface area contributed by atoms with Gasteiger partial charge in [-0.3, -0.25) is 29.3 Å². The molecule has 1 aromatic carbocycles. The van der Waals surface area contributed by atoms with Crippen LogP contribution in [0.15, 0.2) is 42.5 Å². The van der Waals surface area contributed by atoms with Gasteiger partial charge in [0, 0.05) is 44.3 Å². The first-order chi connectivity index (χ1) is 15.7. The lowest BCUT2D eigenvalue weighted by Gasteiger charge is -2.11. The highest BCUT2D eigenvalue weighted by Gasteiger charge is 2.20. The van der Waals surface area contributed by atoms with Gasteiger partial charge < -0.3 is 4.74 Å². The van der Waals surface area contributed by atoms with Crippen LogP contribution in [0.3, 0.4) is 0 Å². The van der Waals surface area contributed by atoms with Crippen LogP contribution in [-0.2, 0) is 9.53 Å². The van der Waals surface area contributed by atoms with Crippen molar-refractivity contribution in [3.8, 4) is 0 Å². The lowest BCUT2D eigenvalue weighted by molar-refractivity contribution is -0.142. The first-order valence-electron chi connectivity index (χ1n) is 10.5. The van der Waals surface area contributed by atoms with Gasteiger partial charge in [0.1, 0.15) is 0 Å². The molecule has 8 heteroatoms. The van der Waals surface area contributed by atoms with Gasteiger partial charge in [-0.15, -0.1) is 11.3 Å². The van der Waals surface area contributed by atoms with Crippen LogP contribution in [0.1, 0.15) is 65.1 Å². The highest BCUT2D eigenvalue weighted by atomic mass is 32.1. The Morgan fingerprint density at radius 1 is 0.909 bits per heavy atom. The third kappa shape index (κ3) is 5.84. The number of carbonyl (C=O) groups is 4. The van der Waals surface area contributed by atoms with Gasteiger partial charge in [-0.2, -0.15) is 0 Å². The van der Waals surface area contributed by atoms with Crippen LogP contribution in [0.2, 0.25) is 0 Å². The molecule has 0 bridgehead atoms. The van der Waals surface area contributed by atoms with E-state index in [4.69, 9.17) is 4.74 Å². The van der Waals surface area contributed by atoms with Crippen LogP contribution in [-0.4, -0.2) is 34.7 Å². The highest BCUT2D eigenvalue weighted by molar-refractivity contribution is 7.12. The van der Waals surface area contributed by atoms with Crippen LogP contribution in [0.4, 0.5) is 0 Å². The molecule has 0 saturated heterocycles. The number of carbonyl (C=O) groups excluding carboxylic acids is 4. The van der Waals surface area contributed by atoms with E-state index in [1.807, 2.05) is 26.0 Å². The normalized spacial score (nSPS) is 10.7. The van der Waals surface area contributed by atoms with Crippen LogP contribution in [0.5, 0.6) is 0 Å². The Morgan fingerprint density at radius 3 is 2.24 bits per heavy atom. The SMILES string of the molecule is Cc1cc(C(=O)CCC(=O)OCC(=O)c2cc(C)n(NC(=O)c3ccccc3)c2C)c(C)s1. The molecule has 3 aromatic rings. The standard InChI is InChI=1S/C25H26N2O5S/c1-15-12-20(17(3)27(15)26-25(31)19-8-6-5-7-9-19)23(29)14-32-24(30)11-10-22(28)21-13-16(2)33-18(21)4/h5-9,12-13H,10-11,14H2,1-4H3,(H,26,31). The molecule has 2 aromatic heterocycles. The van der Waals surface area contributed by atoms with Crippen molar-refractivity contribution in [1.29, 1.82) is 0 Å². The molecule has 0 spiro atoms. The van der Waals surface area contributed by atoms with Gasteiger partial charge in [0.15, 0.2) is 12.4 Å². The predicted molar refractivity (Wildman–Crippen MR) is 127 cm³/mol. The van der Waals surface area contributed by atoms with Crippen molar-refractivity contribution < 1.29 is 23.9 Å². The summed E-state index contributed by atoms with van der Waals surface area (Å²) in [5.74, 6) is -1.40. The number of rotatable bonds is 9. The summed E-state index contributed by atoms with van der Waals surface area (Å²) in [5, 5.41) is 0. The second-order valence-electron chi connectivity index (χ2n) is 7.76. The van der Waals surface area contributed by atoms with Crippen LogP contribution >= 0.6 is 11.3 Å². The zero-order chi connectivity index (χ0) is 24.1. The number of benzene rings is 1. The Morgan fingerprint density at radius 2 is 1.61 bits per heavy atom. The molecule has 0 aliphatic carbocycles. The van der Waals surface area contributed by atoms with E-state index in [-0.39, 0.29) is 30.3 Å². The largest absolute Gasteiger partial charge is 0.457 e. The number of nitrogens with zero attached hydrogens (tertiary/aromatic N) is 1. The summed E-state index contributed by atoms with van der Waals surface area (Å²) in [5.41, 5.74) is 5.46. The molecule has 3 rings (SSSR count). The number of ether oxygens (including phenoxy) is 1. The maximum Gasteiger partial charge on any atom is 0.306 e. The van der Waals surface area contributed by atoms with Crippen molar-refractivity contribution >= 4 is 34.8 Å². The Kier molecular flexibility index (Phi) is 7.60. The zero-order valence-electron chi connectivity index (χ0n) is 19.1. The van der Waals surface area contributed by atoms with Crippen LogP contribution < -0.4 is 5.43 Å². The van der Waals surface area contributed by atoms with Gasteiger partial charge in [0.05, 0.1) is 6.42 Å². The number of amides is 1. The fraction of sp³-hybridized carbons (Fsp3) is 0.280. The fourth-order valence-corrected chi connectivity index (χ4v) is 4.47. The lowest BCUT2D eigenvalue weighted by Crippen LogP contribution is -2.25. The fourth-order valence-electron chi connectivity index (χ4n) is 3.53. The molecule has 2 heterocycles. The van der Waals surface area contributed by atoms with E-state index >= 15 is 0 Å². The van der Waals surface area contributed by atoms with Gasteiger partial charge in [-0.25, -0.2) is 0 Å². The summed E-state index contributed by atoms with van der Waals surface area (Å²) in [6.45, 7) is 6.84. The van der Waals surface area contributed by atoms with Crippen molar-refractivity contribution in [3.05, 3.63) is 80.3 Å². The molecule has 0 aliphatic heterocycles. The Bertz CT molecular complexity index is 1210. The maximum absolute atomic E-state index is 12.6. The molecule has 0 unspecified atom stereocenters. The number of hydrogen-bond acceptors (Lipinski definition) is 6. The zero-order valence-corrected chi connectivity index (χ0v) is 19.9. The summed E-state index contributed by atoms with van der Waals surface area (Å²) < 4.78 is 6.64. The molecule has 0 radical (unpaired) electrons. The predicted octanol–water partition coefficient (Wildman–Crippen LogP) is 4.56. The van der Waals surface area contributed by atoms with E-state index < -0.39 is 12.6 Å². The first-order valence-corrected chi connectivity index (χ1v) is 11.3. The summed E-state index contributed by atoms with van der Waals surface area (Å²) in [6.07, 6.45) is -0.0589. The number of aryl methyl sites for hydroxylation is 3. The molecule has 0 aliphatic rings. The van der Waals surface area contributed by atoms with E-state index in [1.54, 1.807) is 55.5 Å². The van der Waals surface area contributed by atoms with E-state index in [0.717, 1.165) is 9.75 Å². The number of esters is 1. The molecule has 1 amide bonds. The Hall–Kier alpha value is -3.52. The smallest absolute Gasteiger partial charge is 0.306 e. The number of hydrogen-bond donors (Lipinski definition) is 1. The minimum atomic E-state index is -0.604. The Labute approximate surface area is 196 Å². The third-order valence-corrected chi connectivity index (χ3v) is 6.21. The number of Topliss-reactive ketones (excluding diaryl/α,β-unsaturated/α-hetero) is 2. The van der Waals surface area contributed by atoms with E-state index in [2.05, 4.69) is 5.43 Å². The van der Waals surface area contributed by atoms with Crippen molar-refractivity contribution in [2.75, 3.05) is 12.0 Å². The minimum absolute atomic E-state index is 0.0318. The van der Waals surface area contributed by atoms with E-state index in [9.17, 15) is 19.2 Å². The molecule has 172 valence electrons. The Balaban J connectivity index is 1.55. The van der Waals surface area contributed by atoms with Gasteiger partial charge in [-0.05, 0) is 52.0 Å². The molecular weight excluding hydrogens is 440 g/mol. The molecule has 33 heavy (non-hydrogen) atoms. The lowest BCUT2D eigenvalue weighted by atomic mass is 10.1. The summed E-state index contributed by atoms with van der Waals surface area (Å²) in [6, 6.07) is 12.2. The second kappa shape index (κ2) is 10.4. The van der Waals surface area contributed by atoms with Gasteiger partial charge in [0.2, 0.25) is 5.78 Å². The molecule has 1 N–H and O–H groups in total. The molecule has 7 nitrogen and oxygen atoms in total. The van der Waals surface area contributed by atoms with E-state index in [1.165, 1.54) is 4.68 Å². The maximum atomic E-state index is 12.6. The van der Waals surface area contributed by atoms with Gasteiger partial charge in [-0.1, -0.05) is 18.2 Å². The summed E-state index contributed by atoms with van der Waals surface area (Å²) in [4.78, 5) is 51.4. The number of nitrogens with one attached hydrogen (secondary N) is 1. The quantitative estimate of drug-likeness (QED) is 0.369. The van der Waals surface area contributed by atoms with Crippen LogP contribution in [0, 0.1) is 27.7 Å². The molecule has 0 fully saturated rings. The monoisotopic (exact) mass is 466 g/mol. The number of ketones is 2. The molecular formula is C25H26N2O5S. The van der Waals surface area contributed by atoms with E-state index in [0.29, 0.717) is 28.1 Å². The average Bonchev–Trinajstić information content (AvgIpc) is 3.28. The minimum Gasteiger partial charge on any atom is -0.457 e. The molecule has 0 atom stereocenters. The number of thiophene rings is 1. The van der Waals surface area contributed by atoms with Crippen molar-refractivity contribution in [1.82, 2.24) is 4.68 Å². The third-order valence-electron chi connectivity index (χ3n) is 5.24. The average molecular weight is 467 g/mol. The summed E-state index contributed by atoms with van der Waals surface area (Å²) >= 11 is 1.54. The van der Waals surface area contributed by atoms with Crippen molar-refractivity contribution in [3.63, 3.8) is 0 Å². The van der Waals surface area contributed by atoms with Gasteiger partial charge >= 0.3 is 5.97 Å². The first kappa shape index (κ1) is 24.1. The molecule has 0 saturated carbocycles. The second-order valence-corrected chi connectivity index (χ2v) is 9.22. The van der Waals surface area contributed by atoms with Crippen molar-refractivity contribution in [2.24, 2.45) is 0 Å². The van der Waals surface area contributed by atoms with Crippen LogP contribution in [0.25, 0.3) is 0 Å². The highest BCUT2D eigenvalue weighted by Crippen LogP contribution is 2.22. The summed E-state index contributed by atoms with van der Waals surface area (Å²) in [7, 11) is 0. The van der Waals surface area contributed by atoms with Crippen molar-refractivity contribution in [2.45, 2.75) is 40.5 Å². The number of aromatic nitrogens is 1.